The summed E-state index contributed by atoms with van der Waals surface area (Å²) in [6, 6.07) is 3.82. The number of hydrogen-bond acceptors (Lipinski definition) is 3. The van der Waals surface area contributed by atoms with Gasteiger partial charge < -0.3 is 4.90 Å². The Morgan fingerprint density at radius 1 is 1.25 bits per heavy atom. The molecule has 0 aliphatic heterocycles. The van der Waals surface area contributed by atoms with Crippen LogP contribution in [-0.4, -0.2) is 44.6 Å². The van der Waals surface area contributed by atoms with Gasteiger partial charge in [-0.1, -0.05) is 36.0 Å². The molecular weight excluding hydrogens is 371 g/mol. The lowest BCUT2D eigenvalue weighted by molar-refractivity contribution is -0.132. The predicted octanol–water partition coefficient (Wildman–Crippen LogP) is 3.55. The fraction of sp³-hybridized carbons (Fsp3) is 0.562. The molecule has 0 bridgehead atoms. The molecule has 24 heavy (non-hydrogen) atoms. The number of likely N-dealkylation sites (N-methyl/N-ethyl adjacent to an activating group) is 1. The van der Waals surface area contributed by atoms with Crippen LogP contribution >= 0.6 is 23.2 Å². The molecule has 1 amide bonds. The summed E-state index contributed by atoms with van der Waals surface area (Å²) in [6.07, 6.45) is 5.14. The molecule has 0 heterocycles. The molecule has 1 fully saturated rings. The monoisotopic (exact) mass is 392 g/mol. The molecule has 0 radical (unpaired) electrons. The zero-order valence-corrected chi connectivity index (χ0v) is 16.3. The summed E-state index contributed by atoms with van der Waals surface area (Å²) in [6.45, 7) is 1.58. The number of amides is 1. The summed E-state index contributed by atoms with van der Waals surface area (Å²) in [5, 5.41) is 0.583. The second-order valence-electron chi connectivity index (χ2n) is 6.22. The maximum Gasteiger partial charge on any atom is 0.246 e. The standard InChI is InChI=1S/C16H22Cl2N2O3S/c1-11(16(21)19(2)13-6-4-5-7-13)20(24(3,22)23)15-10-12(17)8-9-14(15)18/h8-11,13H,4-7H2,1-3H3/t11-/m0/s1. The summed E-state index contributed by atoms with van der Waals surface area (Å²) >= 11 is 12.1. The largest absolute Gasteiger partial charge is 0.341 e. The molecule has 1 saturated carbocycles. The van der Waals surface area contributed by atoms with Crippen molar-refractivity contribution >= 4 is 44.8 Å². The molecule has 2 rings (SSSR count). The van der Waals surface area contributed by atoms with E-state index in [1.807, 2.05) is 0 Å². The predicted molar refractivity (Wildman–Crippen MR) is 98.3 cm³/mol. The summed E-state index contributed by atoms with van der Waals surface area (Å²) in [7, 11) is -1.98. The average Bonchev–Trinajstić information content (AvgIpc) is 3.02. The fourth-order valence-electron chi connectivity index (χ4n) is 3.20. The normalized spacial score (nSPS) is 16.9. The third kappa shape index (κ3) is 4.16. The first-order chi connectivity index (χ1) is 11.1. The van der Waals surface area contributed by atoms with Crippen LogP contribution in [0.1, 0.15) is 32.6 Å². The Kier molecular flexibility index (Phi) is 6.04. The minimum atomic E-state index is -3.72. The van der Waals surface area contributed by atoms with Crippen molar-refractivity contribution in [1.29, 1.82) is 0 Å². The number of benzene rings is 1. The topological polar surface area (TPSA) is 57.7 Å². The Labute approximate surface area is 153 Å². The number of carbonyl (C=O) groups is 1. The molecule has 1 aliphatic rings. The minimum Gasteiger partial charge on any atom is -0.341 e. The van der Waals surface area contributed by atoms with E-state index in [1.54, 1.807) is 24.9 Å². The Bertz CT molecular complexity index is 718. The Balaban J connectivity index is 2.37. The van der Waals surface area contributed by atoms with Gasteiger partial charge in [-0.3, -0.25) is 9.10 Å². The van der Waals surface area contributed by atoms with Gasteiger partial charge in [0.05, 0.1) is 17.0 Å². The second-order valence-corrected chi connectivity index (χ2v) is 8.92. The molecule has 0 saturated heterocycles. The minimum absolute atomic E-state index is 0.163. The molecule has 0 unspecified atom stereocenters. The van der Waals surface area contributed by atoms with Gasteiger partial charge in [0.15, 0.2) is 0 Å². The zero-order valence-electron chi connectivity index (χ0n) is 14.0. The van der Waals surface area contributed by atoms with Crippen molar-refractivity contribution in [1.82, 2.24) is 4.90 Å². The quantitative estimate of drug-likeness (QED) is 0.769. The van der Waals surface area contributed by atoms with Crippen LogP contribution in [0.15, 0.2) is 18.2 Å². The first-order valence-corrected chi connectivity index (χ1v) is 10.4. The lowest BCUT2D eigenvalue weighted by Crippen LogP contribution is -2.50. The number of anilines is 1. The van der Waals surface area contributed by atoms with Crippen molar-refractivity contribution in [3.8, 4) is 0 Å². The molecule has 1 aromatic rings. The van der Waals surface area contributed by atoms with Crippen LogP contribution in [0, 0.1) is 0 Å². The van der Waals surface area contributed by atoms with Crippen molar-refractivity contribution in [3.63, 3.8) is 0 Å². The highest BCUT2D eigenvalue weighted by atomic mass is 35.5. The van der Waals surface area contributed by atoms with E-state index in [0.717, 1.165) is 36.2 Å². The highest BCUT2D eigenvalue weighted by Gasteiger charge is 2.34. The molecule has 1 aromatic carbocycles. The molecule has 1 aliphatic carbocycles. The number of hydrogen-bond donors (Lipinski definition) is 0. The average molecular weight is 393 g/mol. The molecule has 0 N–H and O–H groups in total. The zero-order chi connectivity index (χ0) is 18.1. The number of carbonyl (C=O) groups excluding carboxylic acids is 1. The first kappa shape index (κ1) is 19.3. The van der Waals surface area contributed by atoms with Gasteiger partial charge in [0.2, 0.25) is 15.9 Å². The van der Waals surface area contributed by atoms with Gasteiger partial charge in [-0.05, 0) is 38.0 Å². The van der Waals surface area contributed by atoms with Gasteiger partial charge in [0, 0.05) is 18.1 Å². The van der Waals surface area contributed by atoms with Crippen LogP contribution in [0.3, 0.4) is 0 Å². The van der Waals surface area contributed by atoms with Crippen molar-refractivity contribution in [3.05, 3.63) is 28.2 Å². The first-order valence-electron chi connectivity index (χ1n) is 7.84. The van der Waals surface area contributed by atoms with E-state index in [2.05, 4.69) is 0 Å². The number of nitrogens with zero attached hydrogens (tertiary/aromatic N) is 2. The van der Waals surface area contributed by atoms with E-state index in [1.165, 1.54) is 12.1 Å². The van der Waals surface area contributed by atoms with Crippen LogP contribution in [0.2, 0.25) is 10.0 Å². The van der Waals surface area contributed by atoms with E-state index in [9.17, 15) is 13.2 Å². The van der Waals surface area contributed by atoms with Crippen LogP contribution in [0.5, 0.6) is 0 Å². The van der Waals surface area contributed by atoms with Crippen LogP contribution < -0.4 is 4.31 Å². The van der Waals surface area contributed by atoms with Crippen LogP contribution in [0.25, 0.3) is 0 Å². The number of halogens is 2. The summed E-state index contributed by atoms with van der Waals surface area (Å²) < 4.78 is 25.7. The lowest BCUT2D eigenvalue weighted by atomic mass is 10.2. The van der Waals surface area contributed by atoms with E-state index in [0.29, 0.717) is 5.02 Å². The Morgan fingerprint density at radius 3 is 2.38 bits per heavy atom. The van der Waals surface area contributed by atoms with E-state index in [4.69, 9.17) is 23.2 Å². The van der Waals surface area contributed by atoms with Crippen molar-refractivity contribution in [2.45, 2.75) is 44.7 Å². The Morgan fingerprint density at radius 2 is 1.83 bits per heavy atom. The summed E-state index contributed by atoms with van der Waals surface area (Å²) in [5.41, 5.74) is 0.215. The summed E-state index contributed by atoms with van der Waals surface area (Å²) in [4.78, 5) is 14.5. The van der Waals surface area contributed by atoms with Gasteiger partial charge in [-0.15, -0.1) is 0 Å². The van der Waals surface area contributed by atoms with Gasteiger partial charge in [-0.25, -0.2) is 8.42 Å². The van der Waals surface area contributed by atoms with E-state index < -0.39 is 16.1 Å². The lowest BCUT2D eigenvalue weighted by Gasteiger charge is -2.34. The van der Waals surface area contributed by atoms with Gasteiger partial charge in [-0.2, -0.15) is 0 Å². The molecule has 8 heteroatoms. The van der Waals surface area contributed by atoms with E-state index in [-0.39, 0.29) is 22.7 Å². The molecule has 0 aromatic heterocycles. The molecule has 1 atom stereocenters. The fourth-order valence-corrected chi connectivity index (χ4v) is 4.79. The number of rotatable bonds is 5. The smallest absolute Gasteiger partial charge is 0.246 e. The van der Waals surface area contributed by atoms with E-state index >= 15 is 0 Å². The molecule has 5 nitrogen and oxygen atoms in total. The van der Waals surface area contributed by atoms with Crippen molar-refractivity contribution in [2.24, 2.45) is 0 Å². The summed E-state index contributed by atoms with van der Waals surface area (Å²) in [5.74, 6) is -0.247. The van der Waals surface area contributed by atoms with Gasteiger partial charge >= 0.3 is 0 Å². The second kappa shape index (κ2) is 7.50. The maximum absolute atomic E-state index is 12.8. The molecular formula is C16H22Cl2N2O3S. The molecule has 0 spiro atoms. The Hall–Kier alpha value is -0.980. The van der Waals surface area contributed by atoms with Crippen molar-refractivity contribution in [2.75, 3.05) is 17.6 Å². The third-order valence-electron chi connectivity index (χ3n) is 4.43. The van der Waals surface area contributed by atoms with Gasteiger partial charge in [0.25, 0.3) is 0 Å². The third-order valence-corrected chi connectivity index (χ3v) is 6.21. The van der Waals surface area contributed by atoms with Crippen LogP contribution in [-0.2, 0) is 14.8 Å². The van der Waals surface area contributed by atoms with Gasteiger partial charge in [0.1, 0.15) is 6.04 Å². The molecule has 134 valence electrons. The van der Waals surface area contributed by atoms with Crippen LogP contribution in [0.4, 0.5) is 5.69 Å². The highest BCUT2D eigenvalue weighted by Crippen LogP contribution is 2.33. The number of sulfonamides is 1. The SMILES string of the molecule is C[C@@H](C(=O)N(C)C1CCCC1)N(c1cc(Cl)ccc1Cl)S(C)(=O)=O. The highest BCUT2D eigenvalue weighted by molar-refractivity contribution is 7.92. The van der Waals surface area contributed by atoms with Crippen molar-refractivity contribution < 1.29 is 13.2 Å². The maximum atomic E-state index is 12.8.